The molecule has 1 heterocycles. The zero-order valence-electron chi connectivity index (χ0n) is 20.3. The number of hydrogen-bond donors (Lipinski definition) is 1. The molecule has 0 aliphatic carbocycles. The minimum atomic E-state index is -0.752. The van der Waals surface area contributed by atoms with Crippen molar-refractivity contribution in [1.29, 1.82) is 5.26 Å². The number of allylic oxidation sites excluding steroid dienone is 2. The fraction of sp³-hybridized carbons (Fsp3) is 0.250. The molecular formula is C28H27ClN2O5. The third-order valence-electron chi connectivity index (χ3n) is 5.57. The van der Waals surface area contributed by atoms with E-state index in [4.69, 9.17) is 31.1 Å². The number of ether oxygens (including phenoxy) is 3. The van der Waals surface area contributed by atoms with Crippen LogP contribution in [0.1, 0.15) is 37.3 Å². The van der Waals surface area contributed by atoms with E-state index in [1.807, 2.05) is 36.4 Å². The molecule has 0 amide bonds. The van der Waals surface area contributed by atoms with Gasteiger partial charge >= 0.3 is 11.9 Å². The maximum atomic E-state index is 13.3. The molecule has 8 heteroatoms. The number of hydrogen-bond acceptors (Lipinski definition) is 7. The van der Waals surface area contributed by atoms with E-state index in [0.717, 1.165) is 11.3 Å². The Labute approximate surface area is 215 Å². The topological polar surface area (TPSA) is 97.7 Å². The predicted octanol–water partition coefficient (Wildman–Crippen LogP) is 5.30. The van der Waals surface area contributed by atoms with Gasteiger partial charge in [-0.3, -0.25) is 0 Å². The number of benzene rings is 2. The average Bonchev–Trinajstić information content (AvgIpc) is 2.86. The van der Waals surface area contributed by atoms with E-state index >= 15 is 0 Å². The molecule has 0 spiro atoms. The van der Waals surface area contributed by atoms with Crippen molar-refractivity contribution in [2.24, 2.45) is 0 Å². The van der Waals surface area contributed by atoms with Crippen LogP contribution >= 0.6 is 11.6 Å². The lowest BCUT2D eigenvalue weighted by molar-refractivity contribution is -0.139. The lowest BCUT2D eigenvalue weighted by Crippen LogP contribution is -2.32. The quantitative estimate of drug-likeness (QED) is 0.364. The van der Waals surface area contributed by atoms with Crippen LogP contribution in [-0.2, 0) is 19.1 Å². The van der Waals surface area contributed by atoms with Crippen molar-refractivity contribution in [3.63, 3.8) is 0 Å². The molecule has 2 aromatic rings. The van der Waals surface area contributed by atoms with Crippen molar-refractivity contribution in [3.8, 4) is 11.8 Å². The molecule has 0 saturated carbocycles. The number of nitrogens with one attached hydrogen (secondary N) is 1. The van der Waals surface area contributed by atoms with Crippen LogP contribution in [0.5, 0.6) is 5.75 Å². The third-order valence-corrected chi connectivity index (χ3v) is 5.80. The van der Waals surface area contributed by atoms with Gasteiger partial charge in [-0.15, -0.1) is 0 Å². The predicted molar refractivity (Wildman–Crippen MR) is 137 cm³/mol. The van der Waals surface area contributed by atoms with Gasteiger partial charge in [0.05, 0.1) is 36.7 Å². The Bertz CT molecular complexity index is 1260. The van der Waals surface area contributed by atoms with Crippen molar-refractivity contribution in [2.45, 2.75) is 26.2 Å². The van der Waals surface area contributed by atoms with Crippen molar-refractivity contribution in [2.75, 3.05) is 20.3 Å². The summed E-state index contributed by atoms with van der Waals surface area (Å²) in [5.41, 5.74) is 3.25. The number of carbonyl (C=O) groups is 2. The molecule has 2 aromatic carbocycles. The Morgan fingerprint density at radius 2 is 1.72 bits per heavy atom. The number of dihydropyridines is 1. The van der Waals surface area contributed by atoms with Gasteiger partial charge in [0.2, 0.25) is 0 Å². The van der Waals surface area contributed by atoms with Crippen molar-refractivity contribution in [3.05, 3.63) is 93.3 Å². The van der Waals surface area contributed by atoms with Crippen LogP contribution in [0.4, 0.5) is 0 Å². The SMILES string of the molecule is COc1ccc(/C=C/COC(=O)C2=C(C)NC(C)=C(C(=O)OCCC#N)C2c2cccc(Cl)c2)cc1. The van der Waals surface area contributed by atoms with Crippen molar-refractivity contribution < 1.29 is 23.8 Å². The number of nitrogens with zero attached hydrogens (tertiary/aromatic N) is 1. The summed E-state index contributed by atoms with van der Waals surface area (Å²) >= 11 is 6.24. The van der Waals surface area contributed by atoms with Gasteiger partial charge in [0.15, 0.2) is 0 Å². The maximum Gasteiger partial charge on any atom is 0.337 e. The average molecular weight is 507 g/mol. The highest BCUT2D eigenvalue weighted by Crippen LogP contribution is 2.39. The summed E-state index contributed by atoms with van der Waals surface area (Å²) in [6.07, 6.45) is 3.64. The van der Waals surface area contributed by atoms with Gasteiger partial charge < -0.3 is 19.5 Å². The van der Waals surface area contributed by atoms with E-state index in [-0.39, 0.29) is 30.8 Å². The Morgan fingerprint density at radius 3 is 2.33 bits per heavy atom. The second kappa shape index (κ2) is 12.6. The largest absolute Gasteiger partial charge is 0.497 e. The highest BCUT2D eigenvalue weighted by atomic mass is 35.5. The molecule has 3 rings (SSSR count). The van der Waals surface area contributed by atoms with Crippen LogP contribution in [0.3, 0.4) is 0 Å². The first-order valence-electron chi connectivity index (χ1n) is 11.3. The number of nitriles is 1. The Hall–Kier alpha value is -4.02. The zero-order valence-corrected chi connectivity index (χ0v) is 21.1. The molecule has 0 fully saturated rings. The number of carbonyl (C=O) groups excluding carboxylic acids is 2. The molecular weight excluding hydrogens is 480 g/mol. The second-order valence-electron chi connectivity index (χ2n) is 8.01. The first kappa shape index (κ1) is 26.6. The summed E-state index contributed by atoms with van der Waals surface area (Å²) in [6, 6.07) is 16.4. The molecule has 1 N–H and O–H groups in total. The molecule has 0 radical (unpaired) electrons. The van der Waals surface area contributed by atoms with Crippen LogP contribution in [-0.4, -0.2) is 32.3 Å². The summed E-state index contributed by atoms with van der Waals surface area (Å²) in [4.78, 5) is 26.3. The third kappa shape index (κ3) is 6.55. The molecule has 36 heavy (non-hydrogen) atoms. The molecule has 0 bridgehead atoms. The van der Waals surface area contributed by atoms with Gasteiger partial charge in [-0.1, -0.05) is 41.9 Å². The normalized spacial score (nSPS) is 15.4. The van der Waals surface area contributed by atoms with E-state index in [0.29, 0.717) is 22.0 Å². The van der Waals surface area contributed by atoms with Crippen molar-refractivity contribution >= 4 is 29.6 Å². The number of methoxy groups -OCH3 is 1. The Kier molecular flexibility index (Phi) is 9.32. The van der Waals surface area contributed by atoms with Crippen LogP contribution in [0.15, 0.2) is 77.1 Å². The smallest absolute Gasteiger partial charge is 0.337 e. The van der Waals surface area contributed by atoms with Crippen LogP contribution in [0.2, 0.25) is 5.02 Å². The van der Waals surface area contributed by atoms with Gasteiger partial charge in [-0.25, -0.2) is 9.59 Å². The summed E-state index contributed by atoms with van der Waals surface area (Å²) in [5.74, 6) is -1.18. The van der Waals surface area contributed by atoms with Gasteiger partial charge in [-0.2, -0.15) is 5.26 Å². The van der Waals surface area contributed by atoms with E-state index in [2.05, 4.69) is 5.32 Å². The lowest BCUT2D eigenvalue weighted by atomic mass is 9.80. The molecule has 0 aromatic heterocycles. The van der Waals surface area contributed by atoms with Gasteiger partial charge in [0, 0.05) is 16.4 Å². The van der Waals surface area contributed by atoms with E-state index in [1.165, 1.54) is 0 Å². The maximum absolute atomic E-state index is 13.3. The minimum absolute atomic E-state index is 0.0363. The molecule has 1 atom stereocenters. The Balaban J connectivity index is 1.85. The highest BCUT2D eigenvalue weighted by molar-refractivity contribution is 6.30. The first-order valence-corrected chi connectivity index (χ1v) is 11.7. The zero-order chi connectivity index (χ0) is 26.1. The van der Waals surface area contributed by atoms with Crippen LogP contribution < -0.4 is 10.1 Å². The molecule has 1 unspecified atom stereocenters. The van der Waals surface area contributed by atoms with Gasteiger partial charge in [-0.05, 0) is 55.3 Å². The standard InChI is InChI=1S/C28H27ClN2O5/c1-18-24(27(32)35-15-5-7-20-10-12-23(34-3)13-11-20)26(21-8-4-9-22(29)17-21)25(19(2)31-18)28(33)36-16-6-14-30/h4-5,7-13,17,26,31H,6,15-16H2,1-3H3/b7-5+. The summed E-state index contributed by atoms with van der Waals surface area (Å²) < 4.78 is 16.0. The summed E-state index contributed by atoms with van der Waals surface area (Å²) in [6.45, 7) is 3.48. The number of rotatable bonds is 9. The molecule has 186 valence electrons. The fourth-order valence-electron chi connectivity index (χ4n) is 3.92. The van der Waals surface area contributed by atoms with Crippen molar-refractivity contribution in [1.82, 2.24) is 5.32 Å². The fourth-order valence-corrected chi connectivity index (χ4v) is 4.12. The minimum Gasteiger partial charge on any atom is -0.497 e. The molecule has 1 aliphatic rings. The molecule has 7 nitrogen and oxygen atoms in total. The summed E-state index contributed by atoms with van der Waals surface area (Å²) in [7, 11) is 1.60. The second-order valence-corrected chi connectivity index (χ2v) is 8.44. The first-order chi connectivity index (χ1) is 17.3. The molecule has 1 aliphatic heterocycles. The van der Waals surface area contributed by atoms with E-state index < -0.39 is 17.9 Å². The van der Waals surface area contributed by atoms with Crippen LogP contribution in [0.25, 0.3) is 6.08 Å². The number of halogens is 1. The molecule has 0 saturated heterocycles. The highest BCUT2D eigenvalue weighted by Gasteiger charge is 2.38. The van der Waals surface area contributed by atoms with Gasteiger partial charge in [0.1, 0.15) is 19.0 Å². The number of esters is 2. The Morgan fingerprint density at radius 1 is 1.06 bits per heavy atom. The van der Waals surface area contributed by atoms with Gasteiger partial charge in [0.25, 0.3) is 0 Å². The van der Waals surface area contributed by atoms with E-state index in [1.54, 1.807) is 51.3 Å². The lowest BCUT2D eigenvalue weighted by Gasteiger charge is -2.30. The monoisotopic (exact) mass is 506 g/mol. The van der Waals surface area contributed by atoms with Crippen LogP contribution in [0, 0.1) is 11.3 Å². The summed E-state index contributed by atoms with van der Waals surface area (Å²) in [5, 5.41) is 12.4. The van der Waals surface area contributed by atoms with E-state index in [9.17, 15) is 9.59 Å².